The molecule has 0 heterocycles. The summed E-state index contributed by atoms with van der Waals surface area (Å²) in [5.74, 6) is -0.244. The molecule has 1 aliphatic carbocycles. The van der Waals surface area contributed by atoms with Gasteiger partial charge in [-0.3, -0.25) is 9.59 Å². The molecule has 2 aromatic rings. The topological polar surface area (TPSA) is 49.4 Å². The minimum atomic E-state index is -0.141. The fraction of sp³-hybridized carbons (Fsp3) is 0.238. The van der Waals surface area contributed by atoms with E-state index in [2.05, 4.69) is 5.32 Å². The van der Waals surface area contributed by atoms with E-state index in [0.29, 0.717) is 35.6 Å². The first-order valence-electron chi connectivity index (χ1n) is 8.58. The second-order valence-corrected chi connectivity index (χ2v) is 6.09. The highest BCUT2D eigenvalue weighted by Crippen LogP contribution is 2.29. The Hall–Kier alpha value is -2.88. The molecule has 0 aliphatic heterocycles. The van der Waals surface area contributed by atoms with Crippen LogP contribution in [0.25, 0.3) is 0 Å². The van der Waals surface area contributed by atoms with E-state index in [4.69, 9.17) is 0 Å². The summed E-state index contributed by atoms with van der Waals surface area (Å²) in [6, 6.07) is 14.8. The SMILES string of the molecule is CCN(CC)C1=C(Nc2ccc(C)cc2)C(=O)c2ccccc2C1=O. The minimum absolute atomic E-state index is 0.103. The molecule has 0 amide bonds. The van der Waals surface area contributed by atoms with Gasteiger partial charge in [0.05, 0.1) is 0 Å². The van der Waals surface area contributed by atoms with Crippen molar-refractivity contribution in [3.05, 3.63) is 76.6 Å². The van der Waals surface area contributed by atoms with Crippen LogP contribution in [0.2, 0.25) is 0 Å². The molecule has 1 N–H and O–H groups in total. The van der Waals surface area contributed by atoms with Crippen LogP contribution in [-0.2, 0) is 0 Å². The first kappa shape index (κ1) is 17.0. The van der Waals surface area contributed by atoms with E-state index in [1.807, 2.05) is 49.9 Å². The van der Waals surface area contributed by atoms with Gasteiger partial charge in [-0.25, -0.2) is 0 Å². The third-order valence-corrected chi connectivity index (χ3v) is 4.50. The smallest absolute Gasteiger partial charge is 0.212 e. The van der Waals surface area contributed by atoms with Crippen LogP contribution in [0.3, 0.4) is 0 Å². The lowest BCUT2D eigenvalue weighted by molar-refractivity contribution is 0.0944. The van der Waals surface area contributed by atoms with Crippen molar-refractivity contribution in [1.29, 1.82) is 0 Å². The molecule has 0 fully saturated rings. The van der Waals surface area contributed by atoms with Gasteiger partial charge < -0.3 is 10.2 Å². The van der Waals surface area contributed by atoms with Crippen molar-refractivity contribution in [2.45, 2.75) is 20.8 Å². The summed E-state index contributed by atoms with van der Waals surface area (Å²) < 4.78 is 0. The van der Waals surface area contributed by atoms with Gasteiger partial charge in [0.15, 0.2) is 0 Å². The molecule has 4 nitrogen and oxygen atoms in total. The van der Waals surface area contributed by atoms with Crippen molar-refractivity contribution in [3.8, 4) is 0 Å². The number of anilines is 1. The summed E-state index contributed by atoms with van der Waals surface area (Å²) in [6.45, 7) is 7.30. The number of aryl methyl sites for hydroxylation is 1. The summed E-state index contributed by atoms with van der Waals surface area (Å²) in [7, 11) is 0. The van der Waals surface area contributed by atoms with Crippen molar-refractivity contribution in [2.24, 2.45) is 0 Å². The van der Waals surface area contributed by atoms with E-state index in [1.54, 1.807) is 24.3 Å². The van der Waals surface area contributed by atoms with Gasteiger partial charge in [-0.1, -0.05) is 42.0 Å². The van der Waals surface area contributed by atoms with Gasteiger partial charge in [-0.15, -0.1) is 0 Å². The highest BCUT2D eigenvalue weighted by molar-refractivity contribution is 6.27. The molecule has 25 heavy (non-hydrogen) atoms. The van der Waals surface area contributed by atoms with Gasteiger partial charge in [0.2, 0.25) is 11.6 Å². The van der Waals surface area contributed by atoms with Crippen molar-refractivity contribution in [3.63, 3.8) is 0 Å². The van der Waals surface area contributed by atoms with Crippen LogP contribution >= 0.6 is 0 Å². The minimum Gasteiger partial charge on any atom is -0.367 e. The number of benzene rings is 2. The Kier molecular flexibility index (Phi) is 4.70. The van der Waals surface area contributed by atoms with Gasteiger partial charge in [-0.2, -0.15) is 0 Å². The molecule has 4 heteroatoms. The zero-order chi connectivity index (χ0) is 18.0. The predicted octanol–water partition coefficient (Wildman–Crippen LogP) is 4.04. The summed E-state index contributed by atoms with van der Waals surface area (Å²) >= 11 is 0. The van der Waals surface area contributed by atoms with Crippen molar-refractivity contribution >= 4 is 17.3 Å². The van der Waals surface area contributed by atoms with Crippen LogP contribution in [0, 0.1) is 6.92 Å². The standard InChI is InChI=1S/C21H22N2O2/c1-4-23(5-2)19-18(22-15-12-10-14(3)11-13-15)20(24)16-8-6-7-9-17(16)21(19)25/h6-13,22H,4-5H2,1-3H3. The quantitative estimate of drug-likeness (QED) is 0.896. The monoisotopic (exact) mass is 334 g/mol. The Morgan fingerprint density at radius 2 is 1.40 bits per heavy atom. The molecule has 0 atom stereocenters. The summed E-state index contributed by atoms with van der Waals surface area (Å²) in [5, 5.41) is 3.20. The van der Waals surface area contributed by atoms with E-state index in [-0.39, 0.29) is 11.6 Å². The van der Waals surface area contributed by atoms with Gasteiger partial charge in [-0.05, 0) is 32.9 Å². The van der Waals surface area contributed by atoms with E-state index in [9.17, 15) is 9.59 Å². The highest BCUT2D eigenvalue weighted by Gasteiger charge is 2.34. The maximum atomic E-state index is 13.1. The van der Waals surface area contributed by atoms with E-state index in [0.717, 1.165) is 11.3 Å². The number of rotatable bonds is 5. The zero-order valence-corrected chi connectivity index (χ0v) is 14.8. The zero-order valence-electron chi connectivity index (χ0n) is 14.8. The largest absolute Gasteiger partial charge is 0.367 e. The molecular weight excluding hydrogens is 312 g/mol. The molecule has 0 bridgehead atoms. The molecule has 128 valence electrons. The molecular formula is C21H22N2O2. The maximum Gasteiger partial charge on any atom is 0.212 e. The number of allylic oxidation sites excluding steroid dienone is 2. The lowest BCUT2D eigenvalue weighted by Gasteiger charge is -2.30. The normalized spacial score (nSPS) is 13.7. The number of nitrogens with one attached hydrogen (secondary N) is 1. The molecule has 0 saturated carbocycles. The van der Waals surface area contributed by atoms with Crippen LogP contribution in [-0.4, -0.2) is 29.6 Å². The van der Waals surface area contributed by atoms with Crippen LogP contribution < -0.4 is 5.32 Å². The summed E-state index contributed by atoms with van der Waals surface area (Å²) in [4.78, 5) is 28.1. The Morgan fingerprint density at radius 1 is 0.840 bits per heavy atom. The van der Waals surface area contributed by atoms with Gasteiger partial charge in [0.1, 0.15) is 11.4 Å². The van der Waals surface area contributed by atoms with Crippen LogP contribution in [0.1, 0.15) is 40.1 Å². The number of carbonyl (C=O) groups excluding carboxylic acids is 2. The molecule has 0 aromatic heterocycles. The number of likely N-dealkylation sites (N-methyl/N-ethyl adjacent to an activating group) is 1. The number of ketones is 2. The van der Waals surface area contributed by atoms with E-state index in [1.165, 1.54) is 0 Å². The Bertz CT molecular complexity index is 846. The summed E-state index contributed by atoms with van der Waals surface area (Å²) in [5.41, 5.74) is 3.68. The average molecular weight is 334 g/mol. The second kappa shape index (κ2) is 6.93. The molecule has 3 rings (SSSR count). The number of nitrogens with zero attached hydrogens (tertiary/aromatic N) is 1. The number of fused-ring (bicyclic) bond motifs is 1. The number of hydrogen-bond acceptors (Lipinski definition) is 4. The fourth-order valence-corrected chi connectivity index (χ4v) is 3.10. The molecule has 0 unspecified atom stereocenters. The Morgan fingerprint density at radius 3 is 1.96 bits per heavy atom. The maximum absolute atomic E-state index is 13.1. The number of Topliss-reactive ketones (excluding diaryl/α,β-unsaturated/α-hetero) is 2. The van der Waals surface area contributed by atoms with Crippen LogP contribution in [0.4, 0.5) is 5.69 Å². The predicted molar refractivity (Wildman–Crippen MR) is 99.9 cm³/mol. The molecule has 1 aliphatic rings. The van der Waals surface area contributed by atoms with Crippen LogP contribution in [0.5, 0.6) is 0 Å². The van der Waals surface area contributed by atoms with Crippen molar-refractivity contribution < 1.29 is 9.59 Å². The molecule has 0 spiro atoms. The first-order valence-corrected chi connectivity index (χ1v) is 8.58. The summed E-state index contributed by atoms with van der Waals surface area (Å²) in [6.07, 6.45) is 0. The Balaban J connectivity index is 2.13. The number of carbonyl (C=O) groups is 2. The van der Waals surface area contributed by atoms with Crippen LogP contribution in [0.15, 0.2) is 59.9 Å². The van der Waals surface area contributed by atoms with Crippen molar-refractivity contribution in [2.75, 3.05) is 18.4 Å². The highest BCUT2D eigenvalue weighted by atomic mass is 16.1. The van der Waals surface area contributed by atoms with Gasteiger partial charge in [0.25, 0.3) is 0 Å². The third kappa shape index (κ3) is 3.07. The average Bonchev–Trinajstić information content (AvgIpc) is 2.64. The third-order valence-electron chi connectivity index (χ3n) is 4.50. The number of hydrogen-bond donors (Lipinski definition) is 1. The van der Waals surface area contributed by atoms with Gasteiger partial charge in [0, 0.05) is 29.9 Å². The van der Waals surface area contributed by atoms with Crippen molar-refractivity contribution in [1.82, 2.24) is 4.90 Å². The fourth-order valence-electron chi connectivity index (χ4n) is 3.10. The van der Waals surface area contributed by atoms with E-state index >= 15 is 0 Å². The molecule has 0 saturated heterocycles. The first-order chi connectivity index (χ1) is 12.1. The lowest BCUT2D eigenvalue weighted by Crippen LogP contribution is -2.36. The molecule has 0 radical (unpaired) electrons. The van der Waals surface area contributed by atoms with Gasteiger partial charge >= 0.3 is 0 Å². The molecule has 2 aromatic carbocycles. The Labute approximate surface area is 148 Å². The van der Waals surface area contributed by atoms with E-state index < -0.39 is 0 Å². The lowest BCUT2D eigenvalue weighted by atomic mass is 9.89. The second-order valence-electron chi connectivity index (χ2n) is 6.09.